The van der Waals surface area contributed by atoms with Gasteiger partial charge >= 0.3 is 5.97 Å². The van der Waals surface area contributed by atoms with Gasteiger partial charge in [0.2, 0.25) is 11.8 Å². The molecule has 0 unspecified atom stereocenters. The number of carboxylic acids is 1. The van der Waals surface area contributed by atoms with Gasteiger partial charge in [0.25, 0.3) is 0 Å². The van der Waals surface area contributed by atoms with Crippen molar-refractivity contribution in [2.75, 3.05) is 14.1 Å². The Morgan fingerprint density at radius 2 is 1.96 bits per heavy atom. The smallest absolute Gasteiger partial charge is 0.335 e. The molecule has 3 rings (SSSR count). The van der Waals surface area contributed by atoms with Crippen LogP contribution >= 0.6 is 11.3 Å². The van der Waals surface area contributed by atoms with Crippen LogP contribution in [0.4, 0.5) is 0 Å². The predicted octanol–water partition coefficient (Wildman–Crippen LogP) is 2.62. The lowest BCUT2D eigenvalue weighted by Crippen LogP contribution is -2.35. The number of nitrogens with zero attached hydrogens (tertiary/aromatic N) is 2. The van der Waals surface area contributed by atoms with Gasteiger partial charge in [0.05, 0.1) is 17.5 Å². The van der Waals surface area contributed by atoms with Gasteiger partial charge in [-0.3, -0.25) is 9.59 Å². The molecule has 1 saturated heterocycles. The van der Waals surface area contributed by atoms with E-state index in [0.717, 1.165) is 10.4 Å². The summed E-state index contributed by atoms with van der Waals surface area (Å²) in [5.74, 6) is -1.49. The third-order valence-corrected chi connectivity index (χ3v) is 5.68. The average Bonchev–Trinajstić information content (AvgIpc) is 3.23. The van der Waals surface area contributed by atoms with Crippen LogP contribution in [-0.4, -0.2) is 46.8 Å². The van der Waals surface area contributed by atoms with Gasteiger partial charge < -0.3 is 14.9 Å². The van der Waals surface area contributed by atoms with E-state index >= 15 is 0 Å². The summed E-state index contributed by atoms with van der Waals surface area (Å²) in [7, 11) is 3.45. The van der Waals surface area contributed by atoms with Crippen LogP contribution in [0.3, 0.4) is 0 Å². The number of carboxylic acid groups (broad SMARTS) is 1. The van der Waals surface area contributed by atoms with Crippen molar-refractivity contribution in [3.63, 3.8) is 0 Å². The van der Waals surface area contributed by atoms with Gasteiger partial charge in [-0.05, 0) is 29.1 Å². The van der Waals surface area contributed by atoms with E-state index in [9.17, 15) is 14.4 Å². The van der Waals surface area contributed by atoms with Gasteiger partial charge in [0.1, 0.15) is 0 Å². The van der Waals surface area contributed by atoms with Crippen molar-refractivity contribution in [3.05, 3.63) is 57.8 Å². The molecule has 1 aromatic carbocycles. The summed E-state index contributed by atoms with van der Waals surface area (Å²) in [4.78, 5) is 40.4. The lowest BCUT2D eigenvalue weighted by molar-refractivity contribution is -0.135. The molecule has 1 aliphatic rings. The molecule has 2 aromatic rings. The summed E-state index contributed by atoms with van der Waals surface area (Å²) in [6.45, 7) is 0.365. The van der Waals surface area contributed by atoms with E-state index in [2.05, 4.69) is 0 Å². The van der Waals surface area contributed by atoms with Crippen LogP contribution in [0.2, 0.25) is 0 Å². The fraction of sp³-hybridized carbons (Fsp3) is 0.316. The second-order valence-electron chi connectivity index (χ2n) is 6.47. The lowest BCUT2D eigenvalue weighted by Gasteiger charge is -2.27. The number of benzene rings is 1. The minimum absolute atomic E-state index is 0.0269. The maximum Gasteiger partial charge on any atom is 0.335 e. The molecule has 0 radical (unpaired) electrons. The number of hydrogen-bond donors (Lipinski definition) is 1. The quantitative estimate of drug-likeness (QED) is 0.875. The normalized spacial score (nSPS) is 19.6. The standard InChI is InChI=1S/C19H20N2O4S/c1-20(11-12-5-7-13(8-6-12)19(24)25)18(23)14-10-16(22)21(2)17(14)15-4-3-9-26-15/h3-9,14,17H,10-11H2,1-2H3,(H,24,25)/t14-,17+/m0/s1. The first kappa shape index (κ1) is 18.1. The van der Waals surface area contributed by atoms with E-state index in [1.807, 2.05) is 17.5 Å². The van der Waals surface area contributed by atoms with Gasteiger partial charge in [-0.25, -0.2) is 4.79 Å². The first-order valence-electron chi connectivity index (χ1n) is 8.24. The van der Waals surface area contributed by atoms with Crippen molar-refractivity contribution in [1.82, 2.24) is 9.80 Å². The van der Waals surface area contributed by atoms with Crippen molar-refractivity contribution >= 4 is 29.1 Å². The van der Waals surface area contributed by atoms with Crippen molar-refractivity contribution in [1.29, 1.82) is 0 Å². The third-order valence-electron chi connectivity index (χ3n) is 4.74. The number of carbonyl (C=O) groups excluding carboxylic acids is 2. The third kappa shape index (κ3) is 3.48. The largest absolute Gasteiger partial charge is 0.478 e. The molecule has 2 heterocycles. The maximum atomic E-state index is 13.0. The van der Waals surface area contributed by atoms with E-state index in [0.29, 0.717) is 6.54 Å². The Hall–Kier alpha value is -2.67. The molecule has 1 N–H and O–H groups in total. The van der Waals surface area contributed by atoms with Crippen LogP contribution < -0.4 is 0 Å². The molecule has 1 fully saturated rings. The van der Waals surface area contributed by atoms with E-state index in [4.69, 9.17) is 5.11 Å². The summed E-state index contributed by atoms with van der Waals surface area (Å²) in [5, 5.41) is 10.9. The van der Waals surface area contributed by atoms with Crippen molar-refractivity contribution in [2.45, 2.75) is 19.0 Å². The Kier molecular flexibility index (Phi) is 5.08. The molecule has 0 bridgehead atoms. The fourth-order valence-electron chi connectivity index (χ4n) is 3.33. The molecule has 6 nitrogen and oxygen atoms in total. The zero-order valence-corrected chi connectivity index (χ0v) is 15.4. The van der Waals surface area contributed by atoms with Crippen LogP contribution in [0.25, 0.3) is 0 Å². The van der Waals surface area contributed by atoms with Crippen LogP contribution in [0.1, 0.15) is 33.3 Å². The van der Waals surface area contributed by atoms with E-state index < -0.39 is 11.9 Å². The first-order chi connectivity index (χ1) is 12.4. The fourth-order valence-corrected chi connectivity index (χ4v) is 4.26. The van der Waals surface area contributed by atoms with Gasteiger partial charge in [0, 0.05) is 31.9 Å². The predicted molar refractivity (Wildman–Crippen MR) is 97.8 cm³/mol. The highest BCUT2D eigenvalue weighted by molar-refractivity contribution is 7.10. The van der Waals surface area contributed by atoms with Crippen molar-refractivity contribution < 1.29 is 19.5 Å². The molecule has 1 aromatic heterocycles. The Labute approximate surface area is 155 Å². The number of thiophene rings is 1. The molecular weight excluding hydrogens is 352 g/mol. The molecule has 136 valence electrons. The maximum absolute atomic E-state index is 13.0. The van der Waals surface area contributed by atoms with Crippen LogP contribution in [-0.2, 0) is 16.1 Å². The van der Waals surface area contributed by atoms with Crippen LogP contribution in [0.15, 0.2) is 41.8 Å². The van der Waals surface area contributed by atoms with Crippen molar-refractivity contribution in [2.24, 2.45) is 5.92 Å². The number of amides is 2. The molecular formula is C19H20N2O4S. The molecule has 7 heteroatoms. The molecule has 2 amide bonds. The Morgan fingerprint density at radius 3 is 2.54 bits per heavy atom. The molecule has 0 aliphatic carbocycles. The summed E-state index contributed by atoms with van der Waals surface area (Å²) < 4.78 is 0. The van der Waals surface area contributed by atoms with Gasteiger partial charge in [-0.2, -0.15) is 0 Å². The van der Waals surface area contributed by atoms with Crippen molar-refractivity contribution in [3.8, 4) is 0 Å². The Bertz CT molecular complexity index is 817. The summed E-state index contributed by atoms with van der Waals surface area (Å²) in [6, 6.07) is 10.1. The number of likely N-dealkylation sites (tertiary alicyclic amines) is 1. The summed E-state index contributed by atoms with van der Waals surface area (Å²) in [6.07, 6.45) is 0.209. The SMILES string of the molecule is CN(Cc1ccc(C(=O)O)cc1)C(=O)[C@H]1CC(=O)N(C)[C@H]1c1cccs1. The van der Waals surface area contributed by atoms with Gasteiger partial charge in [0.15, 0.2) is 0 Å². The molecule has 0 saturated carbocycles. The van der Waals surface area contributed by atoms with E-state index in [1.165, 1.54) is 12.1 Å². The number of rotatable bonds is 5. The number of hydrogen-bond acceptors (Lipinski definition) is 4. The summed E-state index contributed by atoms with van der Waals surface area (Å²) in [5.41, 5.74) is 1.06. The number of carbonyl (C=O) groups is 3. The first-order valence-corrected chi connectivity index (χ1v) is 9.12. The minimum atomic E-state index is -0.979. The lowest BCUT2D eigenvalue weighted by atomic mass is 9.97. The topological polar surface area (TPSA) is 77.9 Å². The Balaban J connectivity index is 1.74. The second-order valence-corrected chi connectivity index (χ2v) is 7.45. The molecule has 1 aliphatic heterocycles. The highest BCUT2D eigenvalue weighted by Crippen LogP contribution is 2.39. The minimum Gasteiger partial charge on any atom is -0.478 e. The highest BCUT2D eigenvalue weighted by Gasteiger charge is 2.44. The zero-order valence-electron chi connectivity index (χ0n) is 14.6. The monoisotopic (exact) mass is 372 g/mol. The van der Waals surface area contributed by atoms with E-state index in [1.54, 1.807) is 47.4 Å². The Morgan fingerprint density at radius 1 is 1.27 bits per heavy atom. The zero-order chi connectivity index (χ0) is 18.8. The van der Waals surface area contributed by atoms with Gasteiger partial charge in [-0.15, -0.1) is 11.3 Å². The molecule has 2 atom stereocenters. The summed E-state index contributed by atoms with van der Waals surface area (Å²) >= 11 is 1.55. The van der Waals surface area contributed by atoms with Crippen LogP contribution in [0.5, 0.6) is 0 Å². The average molecular weight is 372 g/mol. The highest BCUT2D eigenvalue weighted by atomic mass is 32.1. The number of aromatic carboxylic acids is 1. The van der Waals surface area contributed by atoms with Crippen LogP contribution in [0, 0.1) is 5.92 Å². The van der Waals surface area contributed by atoms with Gasteiger partial charge in [-0.1, -0.05) is 18.2 Å². The molecule has 26 heavy (non-hydrogen) atoms. The van der Waals surface area contributed by atoms with E-state index in [-0.39, 0.29) is 29.8 Å². The second kappa shape index (κ2) is 7.29. The molecule has 0 spiro atoms.